The van der Waals surface area contributed by atoms with Gasteiger partial charge in [0, 0.05) is 10.0 Å². The highest BCUT2D eigenvalue weighted by Gasteiger charge is 2.20. The number of rotatable bonds is 4. The zero-order valence-corrected chi connectivity index (χ0v) is 10.5. The van der Waals surface area contributed by atoms with Crippen LogP contribution in [0, 0.1) is 0 Å². The normalized spacial score (nSPS) is 9.69. The first-order chi connectivity index (χ1) is 7.60. The molecule has 1 aromatic rings. The SMILES string of the molecule is CCOC(=O)C(=O)c1cc(OC)ccc1Br. The van der Waals surface area contributed by atoms with Crippen LogP contribution in [0.3, 0.4) is 0 Å². The first-order valence-corrected chi connectivity index (χ1v) is 5.44. The number of carbonyl (C=O) groups is 2. The van der Waals surface area contributed by atoms with Crippen molar-refractivity contribution in [2.24, 2.45) is 0 Å². The number of benzene rings is 1. The van der Waals surface area contributed by atoms with Crippen LogP contribution >= 0.6 is 15.9 Å². The summed E-state index contributed by atoms with van der Waals surface area (Å²) < 4.78 is 10.1. The summed E-state index contributed by atoms with van der Waals surface area (Å²) in [6.45, 7) is 1.82. The van der Waals surface area contributed by atoms with E-state index in [0.717, 1.165) is 0 Å². The topological polar surface area (TPSA) is 52.6 Å². The second-order valence-corrected chi connectivity index (χ2v) is 3.75. The molecule has 16 heavy (non-hydrogen) atoms. The first kappa shape index (κ1) is 12.7. The molecule has 1 aromatic carbocycles. The Labute approximate surface area is 102 Å². The van der Waals surface area contributed by atoms with E-state index in [1.807, 2.05) is 0 Å². The molecule has 0 aliphatic rings. The van der Waals surface area contributed by atoms with Gasteiger partial charge in [-0.3, -0.25) is 4.79 Å². The second kappa shape index (κ2) is 5.65. The molecular formula is C11H11BrO4. The van der Waals surface area contributed by atoms with E-state index in [9.17, 15) is 9.59 Å². The van der Waals surface area contributed by atoms with Gasteiger partial charge in [0.2, 0.25) is 0 Å². The maximum absolute atomic E-state index is 11.7. The smallest absolute Gasteiger partial charge is 0.379 e. The lowest BCUT2D eigenvalue weighted by Gasteiger charge is -2.05. The van der Waals surface area contributed by atoms with Crippen molar-refractivity contribution in [3.63, 3.8) is 0 Å². The zero-order chi connectivity index (χ0) is 12.1. The first-order valence-electron chi connectivity index (χ1n) is 4.65. The largest absolute Gasteiger partial charge is 0.497 e. The third-order valence-corrected chi connectivity index (χ3v) is 2.57. The summed E-state index contributed by atoms with van der Waals surface area (Å²) in [6.07, 6.45) is 0. The fraction of sp³-hybridized carbons (Fsp3) is 0.273. The summed E-state index contributed by atoms with van der Waals surface area (Å²) in [5.74, 6) is -1.04. The van der Waals surface area contributed by atoms with Gasteiger partial charge in [0.1, 0.15) is 5.75 Å². The molecule has 5 heteroatoms. The van der Waals surface area contributed by atoms with Gasteiger partial charge in [0.15, 0.2) is 0 Å². The molecule has 0 aliphatic carbocycles. The van der Waals surface area contributed by atoms with E-state index in [-0.39, 0.29) is 12.2 Å². The summed E-state index contributed by atoms with van der Waals surface area (Å²) in [5.41, 5.74) is 0.234. The molecule has 86 valence electrons. The van der Waals surface area contributed by atoms with E-state index in [1.54, 1.807) is 19.1 Å². The average molecular weight is 287 g/mol. The third-order valence-electron chi connectivity index (χ3n) is 1.88. The van der Waals surface area contributed by atoms with E-state index in [0.29, 0.717) is 10.2 Å². The Morgan fingerprint density at radius 3 is 2.62 bits per heavy atom. The third kappa shape index (κ3) is 2.82. The Bertz CT molecular complexity index is 414. The van der Waals surface area contributed by atoms with E-state index in [1.165, 1.54) is 13.2 Å². The minimum Gasteiger partial charge on any atom is -0.497 e. The van der Waals surface area contributed by atoms with Crippen molar-refractivity contribution >= 4 is 27.7 Å². The van der Waals surface area contributed by atoms with Crippen molar-refractivity contribution in [1.82, 2.24) is 0 Å². The summed E-state index contributed by atoms with van der Waals surface area (Å²) in [4.78, 5) is 22.9. The minimum atomic E-state index is -0.864. The van der Waals surface area contributed by atoms with Crippen molar-refractivity contribution in [1.29, 1.82) is 0 Å². The molecule has 0 aliphatic heterocycles. The molecule has 0 heterocycles. The molecule has 0 spiro atoms. The Hall–Kier alpha value is -1.36. The van der Waals surface area contributed by atoms with Gasteiger partial charge in [-0.2, -0.15) is 0 Å². The van der Waals surface area contributed by atoms with Gasteiger partial charge in [-0.1, -0.05) is 15.9 Å². The maximum Gasteiger partial charge on any atom is 0.379 e. The average Bonchev–Trinajstić information content (AvgIpc) is 2.29. The molecule has 0 aromatic heterocycles. The molecule has 1 rings (SSSR count). The minimum absolute atomic E-state index is 0.173. The Balaban J connectivity index is 3.02. The van der Waals surface area contributed by atoms with Crippen molar-refractivity contribution in [3.05, 3.63) is 28.2 Å². The Morgan fingerprint density at radius 2 is 2.06 bits per heavy atom. The van der Waals surface area contributed by atoms with Crippen LogP contribution in [0.1, 0.15) is 17.3 Å². The molecule has 0 fully saturated rings. The van der Waals surface area contributed by atoms with Crippen LogP contribution in [0.2, 0.25) is 0 Å². The number of esters is 1. The summed E-state index contributed by atoms with van der Waals surface area (Å²) >= 11 is 3.20. The monoisotopic (exact) mass is 286 g/mol. The fourth-order valence-corrected chi connectivity index (χ4v) is 1.54. The van der Waals surface area contributed by atoms with Gasteiger partial charge in [-0.25, -0.2) is 4.79 Å². The lowest BCUT2D eigenvalue weighted by Crippen LogP contribution is -2.18. The van der Waals surface area contributed by atoms with Crippen LogP contribution < -0.4 is 4.74 Å². The van der Waals surface area contributed by atoms with Gasteiger partial charge in [-0.15, -0.1) is 0 Å². The number of hydrogen-bond donors (Lipinski definition) is 0. The zero-order valence-electron chi connectivity index (χ0n) is 8.95. The second-order valence-electron chi connectivity index (χ2n) is 2.90. The lowest BCUT2D eigenvalue weighted by atomic mass is 10.1. The highest BCUT2D eigenvalue weighted by molar-refractivity contribution is 9.10. The van der Waals surface area contributed by atoms with Crippen LogP contribution in [-0.2, 0) is 9.53 Å². The number of methoxy groups -OCH3 is 1. The highest BCUT2D eigenvalue weighted by atomic mass is 79.9. The molecule has 0 N–H and O–H groups in total. The Morgan fingerprint density at radius 1 is 1.38 bits per heavy atom. The van der Waals surface area contributed by atoms with Crippen molar-refractivity contribution in [2.75, 3.05) is 13.7 Å². The molecule has 0 saturated carbocycles. The molecule has 0 radical (unpaired) electrons. The molecule has 0 atom stereocenters. The number of ether oxygens (including phenoxy) is 2. The van der Waals surface area contributed by atoms with Gasteiger partial charge in [0.05, 0.1) is 13.7 Å². The molecule has 0 amide bonds. The summed E-state index contributed by atoms with van der Waals surface area (Å²) in [7, 11) is 1.49. The number of Topliss-reactive ketones (excluding diaryl/α,β-unsaturated/α-hetero) is 1. The van der Waals surface area contributed by atoms with Crippen molar-refractivity contribution in [2.45, 2.75) is 6.92 Å². The number of carbonyl (C=O) groups excluding carboxylic acids is 2. The van der Waals surface area contributed by atoms with E-state index < -0.39 is 11.8 Å². The van der Waals surface area contributed by atoms with Crippen LogP contribution in [0.4, 0.5) is 0 Å². The number of hydrogen-bond acceptors (Lipinski definition) is 4. The number of ketones is 1. The molecular weight excluding hydrogens is 276 g/mol. The standard InChI is InChI=1S/C11H11BrO4/c1-3-16-11(14)10(13)8-6-7(15-2)4-5-9(8)12/h4-6H,3H2,1-2H3. The predicted octanol–water partition coefficient (Wildman–Crippen LogP) is 2.20. The van der Waals surface area contributed by atoms with E-state index >= 15 is 0 Å². The van der Waals surface area contributed by atoms with Crippen LogP contribution in [0.25, 0.3) is 0 Å². The van der Waals surface area contributed by atoms with Gasteiger partial charge in [-0.05, 0) is 25.1 Å². The molecule has 0 saturated heterocycles. The summed E-state index contributed by atoms with van der Waals surface area (Å²) in [5, 5.41) is 0. The van der Waals surface area contributed by atoms with E-state index in [4.69, 9.17) is 4.74 Å². The predicted molar refractivity (Wildman–Crippen MR) is 61.7 cm³/mol. The Kier molecular flexibility index (Phi) is 4.49. The van der Waals surface area contributed by atoms with Gasteiger partial charge >= 0.3 is 5.97 Å². The van der Waals surface area contributed by atoms with Crippen LogP contribution in [-0.4, -0.2) is 25.5 Å². The molecule has 4 nitrogen and oxygen atoms in total. The quantitative estimate of drug-likeness (QED) is 0.484. The van der Waals surface area contributed by atoms with Crippen LogP contribution in [0.5, 0.6) is 5.75 Å². The molecule has 0 bridgehead atoms. The maximum atomic E-state index is 11.7. The van der Waals surface area contributed by atoms with Gasteiger partial charge in [0.25, 0.3) is 5.78 Å². The number of halogens is 1. The highest BCUT2D eigenvalue weighted by Crippen LogP contribution is 2.23. The van der Waals surface area contributed by atoms with Crippen molar-refractivity contribution < 1.29 is 19.1 Å². The summed E-state index contributed by atoms with van der Waals surface area (Å²) in [6, 6.07) is 4.82. The molecule has 0 unspecified atom stereocenters. The lowest BCUT2D eigenvalue weighted by molar-refractivity contribution is -0.137. The van der Waals surface area contributed by atoms with E-state index in [2.05, 4.69) is 20.7 Å². The van der Waals surface area contributed by atoms with Gasteiger partial charge < -0.3 is 9.47 Å². The fourth-order valence-electron chi connectivity index (χ4n) is 1.11. The van der Waals surface area contributed by atoms with Crippen LogP contribution in [0.15, 0.2) is 22.7 Å². The van der Waals surface area contributed by atoms with Crippen molar-refractivity contribution in [3.8, 4) is 5.75 Å².